The summed E-state index contributed by atoms with van der Waals surface area (Å²) < 4.78 is 50.9. The van der Waals surface area contributed by atoms with Crippen molar-refractivity contribution in [2.75, 3.05) is 133 Å². The number of fused-ring (bicyclic) bond motifs is 1. The summed E-state index contributed by atoms with van der Waals surface area (Å²) >= 11 is 1.75. The average Bonchev–Trinajstić information content (AvgIpc) is 3.44. The molecule has 11 nitrogen and oxygen atoms in total. The Morgan fingerprint density at radius 3 is 0.684 bits per heavy atom. The first-order valence-corrected chi connectivity index (χ1v) is 25.3. The Balaban J connectivity index is -0.000000267. The predicted molar refractivity (Wildman–Crippen MR) is 327 cm³/mol. The molecular weight excluding hydrogens is 977 g/mol. The molecule has 0 aliphatic carbocycles. The molecule has 0 bridgehead atoms. The molecule has 12 heteroatoms. The molecule has 0 unspecified atom stereocenters. The number of ether oxygens (including phenoxy) is 11. The molecule has 0 aliphatic heterocycles. The molecule has 0 spiro atoms. The molecule has 0 aliphatic rings. The normalized spacial score (nSPS) is 8.95. The van der Waals surface area contributed by atoms with Crippen molar-refractivity contribution in [2.45, 2.75) is 33.1 Å². The lowest BCUT2D eigenvalue weighted by molar-refractivity contribution is -0.00272. The van der Waals surface area contributed by atoms with Gasteiger partial charge in [-0.1, -0.05) is 155 Å². The topological polar surface area (TPSA) is 102 Å². The van der Waals surface area contributed by atoms with Gasteiger partial charge in [-0.2, -0.15) is 11.8 Å². The monoisotopic (exact) mass is 1070 g/mol. The number of thioether (sulfide) groups is 1. The fourth-order valence-corrected chi connectivity index (χ4v) is 5.54. The summed E-state index contributed by atoms with van der Waals surface area (Å²) in [7, 11) is 26.2. The van der Waals surface area contributed by atoms with Crippen LogP contribution in [0.25, 0.3) is 10.8 Å². The number of rotatable bonds is 10. The van der Waals surface area contributed by atoms with Gasteiger partial charge in [0.1, 0.15) is 29.8 Å². The Hall–Kier alpha value is -5.93. The van der Waals surface area contributed by atoms with E-state index in [4.69, 9.17) is 18.9 Å². The molecule has 0 saturated heterocycles. The Bertz CT molecular complexity index is 1970. The minimum absolute atomic E-state index is 0. The van der Waals surface area contributed by atoms with Crippen LogP contribution in [0.1, 0.15) is 43.5 Å². The molecule has 0 saturated carbocycles. The lowest BCUT2D eigenvalue weighted by Crippen LogP contribution is -2.18. The van der Waals surface area contributed by atoms with Crippen molar-refractivity contribution < 1.29 is 52.1 Å². The average molecular weight is 1080 g/mol. The van der Waals surface area contributed by atoms with E-state index in [1.165, 1.54) is 33.0 Å². The van der Waals surface area contributed by atoms with E-state index >= 15 is 0 Å². The second-order valence-electron chi connectivity index (χ2n) is 15.6. The quantitative estimate of drug-likeness (QED) is 0.122. The summed E-state index contributed by atoms with van der Waals surface area (Å²) in [5.41, 5.74) is 5.03. The molecule has 7 aromatic carbocycles. The molecule has 76 heavy (non-hydrogen) atoms. The molecule has 0 fully saturated rings. The van der Waals surface area contributed by atoms with Gasteiger partial charge in [0, 0.05) is 90.7 Å². The first-order valence-electron chi connectivity index (χ1n) is 23.6. The van der Waals surface area contributed by atoms with Gasteiger partial charge in [-0.25, -0.2) is 0 Å². The molecule has 7 aromatic rings. The SMILES string of the molecule is C.COC.COC.COC.COC.COC.COCOC.COc1ccc(C(C)(C)c2ccc(OC)cc2)cc1.COc1ccc(Cc2ccc(OC)cc2)cc1.CSC.c1ccc2ccccc2c1.c1ccccc1. The minimum Gasteiger partial charge on any atom is -0.497 e. The molecule has 0 amide bonds. The second kappa shape index (κ2) is 58.3. The fourth-order valence-electron chi connectivity index (χ4n) is 5.54. The third-order valence-electron chi connectivity index (χ3n) is 8.91. The van der Waals surface area contributed by atoms with Gasteiger partial charge in [0.2, 0.25) is 0 Å². The third-order valence-corrected chi connectivity index (χ3v) is 8.91. The van der Waals surface area contributed by atoms with Crippen LogP contribution in [0.5, 0.6) is 23.0 Å². The van der Waals surface area contributed by atoms with Crippen LogP contribution in [0.3, 0.4) is 0 Å². The number of hydrogen-bond donors (Lipinski definition) is 0. The molecule has 7 rings (SSSR count). The van der Waals surface area contributed by atoms with E-state index in [-0.39, 0.29) is 12.8 Å². The van der Waals surface area contributed by atoms with Gasteiger partial charge in [-0.15, -0.1) is 0 Å². The lowest BCUT2D eigenvalue weighted by Gasteiger charge is -2.26. The Morgan fingerprint density at radius 2 is 0.513 bits per heavy atom. The summed E-state index contributed by atoms with van der Waals surface area (Å²) in [5, 5.41) is 2.62. The van der Waals surface area contributed by atoms with E-state index in [1.807, 2.05) is 97.4 Å². The molecule has 0 atom stereocenters. The highest BCUT2D eigenvalue weighted by Crippen LogP contribution is 2.33. The number of methoxy groups -OCH3 is 11. The van der Waals surface area contributed by atoms with Crippen molar-refractivity contribution in [3.05, 3.63) is 204 Å². The van der Waals surface area contributed by atoms with Gasteiger partial charge in [-0.05, 0) is 100 Å². The minimum atomic E-state index is -0.0431. The van der Waals surface area contributed by atoms with E-state index in [1.54, 1.807) is 126 Å². The molecule has 0 heterocycles. The summed E-state index contributed by atoms with van der Waals surface area (Å²) in [4.78, 5) is 0. The predicted octanol–water partition coefficient (Wildman–Crippen LogP) is 15.0. The van der Waals surface area contributed by atoms with E-state index < -0.39 is 0 Å². The highest BCUT2D eigenvalue weighted by Gasteiger charge is 2.23. The van der Waals surface area contributed by atoms with Crippen molar-refractivity contribution in [1.29, 1.82) is 0 Å². The van der Waals surface area contributed by atoms with Crippen molar-refractivity contribution in [3.8, 4) is 23.0 Å². The van der Waals surface area contributed by atoms with Crippen LogP contribution >= 0.6 is 11.8 Å². The Kier molecular flexibility index (Phi) is 60.6. The van der Waals surface area contributed by atoms with Crippen LogP contribution in [0.4, 0.5) is 0 Å². The molecule has 0 radical (unpaired) electrons. The maximum atomic E-state index is 5.20. The zero-order valence-corrected chi connectivity index (χ0v) is 50.0. The van der Waals surface area contributed by atoms with Gasteiger partial charge in [0.05, 0.1) is 28.4 Å². The lowest BCUT2D eigenvalue weighted by atomic mass is 9.78. The molecular formula is C64H98O11S. The first-order chi connectivity index (χ1) is 36.3. The molecule has 0 N–H and O–H groups in total. The van der Waals surface area contributed by atoms with Gasteiger partial charge in [0.25, 0.3) is 0 Å². The number of hydrogen-bond acceptors (Lipinski definition) is 12. The Morgan fingerprint density at radius 1 is 0.316 bits per heavy atom. The largest absolute Gasteiger partial charge is 0.497 e. The maximum Gasteiger partial charge on any atom is 0.145 e. The van der Waals surface area contributed by atoms with E-state index in [0.29, 0.717) is 6.79 Å². The van der Waals surface area contributed by atoms with Crippen molar-refractivity contribution in [1.82, 2.24) is 0 Å². The summed E-state index contributed by atoms with van der Waals surface area (Å²) in [5.74, 6) is 3.55. The third kappa shape index (κ3) is 43.3. The van der Waals surface area contributed by atoms with Crippen LogP contribution in [-0.4, -0.2) is 133 Å². The van der Waals surface area contributed by atoms with Gasteiger partial charge >= 0.3 is 0 Å². The van der Waals surface area contributed by atoms with E-state index in [0.717, 1.165) is 29.4 Å². The number of benzene rings is 7. The van der Waals surface area contributed by atoms with E-state index in [2.05, 4.69) is 144 Å². The zero-order chi connectivity index (χ0) is 57.4. The Labute approximate surface area is 466 Å². The standard InChI is InChI=1S/C17H20O2.C15H16O2.C10H8.C6H6.C3H8O2.5C2H6O.C2H6S.CH4/c1-17(2,13-5-9-15(18-3)10-6-13)14-7-11-16(19-4)12-8-14;1-16-14-7-3-12(4-8-14)11-13-5-9-15(17-2)10-6-13;1-2-6-10-8-4-3-7-9(10)5-1;1-2-4-6-5-3-1;1-4-3-5-2;6*1-3-2;/h5-12H,1-4H3;3-10H,11H2,1-2H3;1-8H;1-6H;3H2,1-2H3;6*1-2H3;1H4. The highest BCUT2D eigenvalue weighted by atomic mass is 32.2. The zero-order valence-electron chi connectivity index (χ0n) is 49.1. The van der Waals surface area contributed by atoms with E-state index in [9.17, 15) is 0 Å². The first kappa shape index (κ1) is 78.9. The summed E-state index contributed by atoms with van der Waals surface area (Å²) in [6.07, 6.45) is 5.01. The second-order valence-corrected chi connectivity index (χ2v) is 16.4. The van der Waals surface area contributed by atoms with Crippen molar-refractivity contribution in [2.24, 2.45) is 0 Å². The maximum absolute atomic E-state index is 5.20. The summed E-state index contributed by atoms with van der Waals surface area (Å²) in [6.45, 7) is 4.83. The van der Waals surface area contributed by atoms with Gasteiger partial charge in [-0.3, -0.25) is 0 Å². The molecule has 426 valence electrons. The van der Waals surface area contributed by atoms with Crippen LogP contribution in [-0.2, 0) is 45.0 Å². The summed E-state index contributed by atoms with van der Waals surface area (Å²) in [6, 6.07) is 61.5. The highest BCUT2D eigenvalue weighted by molar-refractivity contribution is 7.97. The van der Waals surface area contributed by atoms with Crippen molar-refractivity contribution >= 4 is 22.5 Å². The fraction of sp³-hybridized carbons (Fsp3) is 0.375. The smallest absolute Gasteiger partial charge is 0.145 e. The van der Waals surface area contributed by atoms with Gasteiger partial charge < -0.3 is 52.1 Å². The molecule has 0 aromatic heterocycles. The van der Waals surface area contributed by atoms with Crippen LogP contribution < -0.4 is 18.9 Å². The van der Waals surface area contributed by atoms with Crippen LogP contribution in [0.15, 0.2) is 182 Å². The van der Waals surface area contributed by atoms with Crippen molar-refractivity contribution in [3.63, 3.8) is 0 Å². The van der Waals surface area contributed by atoms with Crippen LogP contribution in [0.2, 0.25) is 0 Å². The van der Waals surface area contributed by atoms with Crippen LogP contribution in [0, 0.1) is 0 Å². The van der Waals surface area contributed by atoms with Gasteiger partial charge in [0.15, 0.2) is 0 Å².